The Morgan fingerprint density at radius 2 is 2.05 bits per heavy atom. The van der Waals surface area contributed by atoms with E-state index in [2.05, 4.69) is 5.32 Å². The number of halogens is 1. The monoisotopic (exact) mass is 320 g/mol. The second-order valence-corrected chi connectivity index (χ2v) is 5.13. The Balaban J connectivity index is 1.87. The molecule has 0 radical (unpaired) electrons. The number of ether oxygens (including phenoxy) is 1. The summed E-state index contributed by atoms with van der Waals surface area (Å²) in [5, 5.41) is 3.32. The molecule has 0 fully saturated rings. The van der Waals surface area contributed by atoms with Crippen molar-refractivity contribution in [3.05, 3.63) is 63.5 Å². The number of hydrogen-bond donors (Lipinski definition) is 1. The molecule has 6 heteroatoms. The van der Waals surface area contributed by atoms with Gasteiger partial charge < -0.3 is 14.6 Å². The first-order chi connectivity index (χ1) is 10.6. The number of hydrogen-bond acceptors (Lipinski definition) is 3. The van der Waals surface area contributed by atoms with Crippen LogP contribution >= 0.6 is 11.6 Å². The fourth-order valence-electron chi connectivity index (χ4n) is 2.06. The maximum atomic E-state index is 12.1. The number of para-hydroxylation sites is 1. The first kappa shape index (κ1) is 16.1. The van der Waals surface area contributed by atoms with Crippen molar-refractivity contribution in [1.82, 2.24) is 9.88 Å². The van der Waals surface area contributed by atoms with Crippen LogP contribution in [0.1, 0.15) is 16.8 Å². The van der Waals surface area contributed by atoms with Crippen molar-refractivity contribution in [3.63, 3.8) is 0 Å². The predicted molar refractivity (Wildman–Crippen MR) is 85.7 cm³/mol. The van der Waals surface area contributed by atoms with Gasteiger partial charge in [-0.15, -0.1) is 0 Å². The number of rotatable bonds is 6. The molecule has 1 N–H and O–H groups in total. The molecule has 0 bridgehead atoms. The molecule has 1 aromatic carbocycles. The lowest BCUT2D eigenvalue weighted by Crippen LogP contribution is -2.27. The van der Waals surface area contributed by atoms with Crippen molar-refractivity contribution in [2.75, 3.05) is 13.7 Å². The molecule has 22 heavy (non-hydrogen) atoms. The Labute approximate surface area is 133 Å². The van der Waals surface area contributed by atoms with Crippen LogP contribution in [0.15, 0.2) is 47.4 Å². The standard InChI is InChI=1S/C16H17ClN2O3/c1-22-14-6-3-2-5-13(14)16(21)18-9-4-10-19-11-12(17)7-8-15(19)20/h2-3,5-8,11H,4,9-10H2,1H3,(H,18,21). The third-order valence-electron chi connectivity index (χ3n) is 3.16. The van der Waals surface area contributed by atoms with Crippen LogP contribution in [0.3, 0.4) is 0 Å². The van der Waals surface area contributed by atoms with Crippen LogP contribution in [-0.4, -0.2) is 24.1 Å². The molecule has 1 heterocycles. The summed E-state index contributed by atoms with van der Waals surface area (Å²) >= 11 is 5.85. The minimum atomic E-state index is -0.198. The maximum absolute atomic E-state index is 12.1. The van der Waals surface area contributed by atoms with Crippen LogP contribution in [0.25, 0.3) is 0 Å². The van der Waals surface area contributed by atoms with Crippen LogP contribution in [-0.2, 0) is 6.54 Å². The van der Waals surface area contributed by atoms with E-state index in [1.165, 1.54) is 17.7 Å². The molecule has 0 atom stereocenters. The molecule has 5 nitrogen and oxygen atoms in total. The SMILES string of the molecule is COc1ccccc1C(=O)NCCCn1cc(Cl)ccc1=O. The minimum absolute atomic E-state index is 0.111. The van der Waals surface area contributed by atoms with Crippen LogP contribution < -0.4 is 15.6 Å². The highest BCUT2D eigenvalue weighted by molar-refractivity contribution is 6.30. The van der Waals surface area contributed by atoms with Crippen molar-refractivity contribution < 1.29 is 9.53 Å². The fraction of sp³-hybridized carbons (Fsp3) is 0.250. The number of nitrogens with zero attached hydrogens (tertiary/aromatic N) is 1. The Morgan fingerprint density at radius 3 is 2.82 bits per heavy atom. The summed E-state index contributed by atoms with van der Waals surface area (Å²) in [7, 11) is 1.53. The van der Waals surface area contributed by atoms with Gasteiger partial charge in [0.25, 0.3) is 11.5 Å². The number of methoxy groups -OCH3 is 1. The van der Waals surface area contributed by atoms with Crippen LogP contribution in [0.2, 0.25) is 5.02 Å². The van der Waals surface area contributed by atoms with Gasteiger partial charge in [-0.25, -0.2) is 0 Å². The van der Waals surface area contributed by atoms with Gasteiger partial charge in [0, 0.05) is 25.4 Å². The molecule has 1 amide bonds. The topological polar surface area (TPSA) is 60.3 Å². The Morgan fingerprint density at radius 1 is 1.27 bits per heavy atom. The average molecular weight is 321 g/mol. The van der Waals surface area contributed by atoms with E-state index >= 15 is 0 Å². The van der Waals surface area contributed by atoms with Gasteiger partial charge >= 0.3 is 0 Å². The molecule has 0 saturated carbocycles. The Bertz CT molecular complexity index is 713. The number of nitrogens with one attached hydrogen (secondary N) is 1. The van der Waals surface area contributed by atoms with Crippen molar-refractivity contribution in [1.29, 1.82) is 0 Å². The summed E-state index contributed by atoms with van der Waals surface area (Å²) in [5.41, 5.74) is 0.380. The quantitative estimate of drug-likeness (QED) is 0.831. The fourth-order valence-corrected chi connectivity index (χ4v) is 2.24. The number of carbonyl (C=O) groups is 1. The number of aromatic nitrogens is 1. The first-order valence-corrected chi connectivity index (χ1v) is 7.27. The number of amides is 1. The number of pyridine rings is 1. The van der Waals surface area contributed by atoms with Gasteiger partial charge in [0.05, 0.1) is 17.7 Å². The third kappa shape index (κ3) is 4.11. The maximum Gasteiger partial charge on any atom is 0.255 e. The highest BCUT2D eigenvalue weighted by atomic mass is 35.5. The van der Waals surface area contributed by atoms with Gasteiger partial charge in [-0.1, -0.05) is 23.7 Å². The van der Waals surface area contributed by atoms with E-state index in [0.717, 1.165) is 0 Å². The number of benzene rings is 1. The summed E-state index contributed by atoms with van der Waals surface area (Å²) in [4.78, 5) is 23.7. The lowest BCUT2D eigenvalue weighted by molar-refractivity contribution is 0.0949. The normalized spacial score (nSPS) is 10.3. The van der Waals surface area contributed by atoms with E-state index in [-0.39, 0.29) is 11.5 Å². The number of aryl methyl sites for hydroxylation is 1. The molecule has 0 unspecified atom stereocenters. The van der Waals surface area contributed by atoms with Crippen LogP contribution in [0, 0.1) is 0 Å². The third-order valence-corrected chi connectivity index (χ3v) is 3.38. The second-order valence-electron chi connectivity index (χ2n) is 4.69. The predicted octanol–water partition coefficient (Wildman–Crippen LogP) is 2.33. The summed E-state index contributed by atoms with van der Waals surface area (Å²) in [5.74, 6) is 0.335. The van der Waals surface area contributed by atoms with Crippen molar-refractivity contribution >= 4 is 17.5 Å². The first-order valence-electron chi connectivity index (χ1n) is 6.89. The van der Waals surface area contributed by atoms with Crippen molar-refractivity contribution in [2.45, 2.75) is 13.0 Å². The van der Waals surface area contributed by atoms with E-state index in [1.807, 2.05) is 0 Å². The number of carbonyl (C=O) groups excluding carboxylic acids is 1. The zero-order chi connectivity index (χ0) is 15.9. The molecule has 1 aromatic heterocycles. The molecule has 2 rings (SSSR count). The summed E-state index contributed by atoms with van der Waals surface area (Å²) in [6, 6.07) is 10.0. The van der Waals surface area contributed by atoms with E-state index in [4.69, 9.17) is 16.3 Å². The lowest BCUT2D eigenvalue weighted by atomic mass is 10.2. The molecular formula is C16H17ClN2O3. The van der Waals surface area contributed by atoms with Gasteiger partial charge in [-0.05, 0) is 24.6 Å². The molecule has 0 spiro atoms. The molecule has 0 aliphatic rings. The van der Waals surface area contributed by atoms with E-state index in [1.54, 1.807) is 36.5 Å². The van der Waals surface area contributed by atoms with Gasteiger partial charge in [-0.2, -0.15) is 0 Å². The van der Waals surface area contributed by atoms with Gasteiger partial charge in [0.15, 0.2) is 0 Å². The van der Waals surface area contributed by atoms with Crippen molar-refractivity contribution in [2.24, 2.45) is 0 Å². The summed E-state index contributed by atoms with van der Waals surface area (Å²) < 4.78 is 6.68. The highest BCUT2D eigenvalue weighted by Crippen LogP contribution is 2.16. The minimum Gasteiger partial charge on any atom is -0.496 e. The zero-order valence-corrected chi connectivity index (χ0v) is 13.0. The van der Waals surface area contributed by atoms with Crippen molar-refractivity contribution in [3.8, 4) is 5.75 Å². The molecule has 0 saturated heterocycles. The van der Waals surface area contributed by atoms with E-state index in [0.29, 0.717) is 35.8 Å². The molecule has 116 valence electrons. The smallest absolute Gasteiger partial charge is 0.255 e. The van der Waals surface area contributed by atoms with Crippen LogP contribution in [0.5, 0.6) is 5.75 Å². The molecule has 0 aliphatic carbocycles. The largest absolute Gasteiger partial charge is 0.496 e. The molecule has 0 aliphatic heterocycles. The van der Waals surface area contributed by atoms with E-state index in [9.17, 15) is 9.59 Å². The lowest BCUT2D eigenvalue weighted by Gasteiger charge is -2.10. The second kappa shape index (κ2) is 7.66. The Hall–Kier alpha value is -2.27. The van der Waals surface area contributed by atoms with Gasteiger partial charge in [-0.3, -0.25) is 9.59 Å². The summed E-state index contributed by atoms with van der Waals surface area (Å²) in [6.07, 6.45) is 2.22. The average Bonchev–Trinajstić information content (AvgIpc) is 2.54. The molecule has 2 aromatic rings. The zero-order valence-electron chi connectivity index (χ0n) is 12.2. The van der Waals surface area contributed by atoms with E-state index < -0.39 is 0 Å². The van der Waals surface area contributed by atoms with Crippen LogP contribution in [0.4, 0.5) is 0 Å². The summed E-state index contributed by atoms with van der Waals surface area (Å²) in [6.45, 7) is 0.946. The molecular weight excluding hydrogens is 304 g/mol. The highest BCUT2D eigenvalue weighted by Gasteiger charge is 2.10. The van der Waals surface area contributed by atoms with Gasteiger partial charge in [0.2, 0.25) is 0 Å². The Kier molecular flexibility index (Phi) is 5.61. The van der Waals surface area contributed by atoms with Gasteiger partial charge in [0.1, 0.15) is 5.75 Å².